The molecule has 0 unspecified atom stereocenters. The van der Waals surface area contributed by atoms with Crippen LogP contribution in [0.1, 0.15) is 46.7 Å². The van der Waals surface area contributed by atoms with Crippen molar-refractivity contribution >= 4 is 34.1 Å². The van der Waals surface area contributed by atoms with E-state index < -0.39 is 5.97 Å². The van der Waals surface area contributed by atoms with E-state index in [4.69, 9.17) is 5.11 Å². The number of fused-ring (bicyclic) bond motifs is 1. The van der Waals surface area contributed by atoms with E-state index in [1.807, 2.05) is 55.6 Å². The molecule has 1 heterocycles. The average Bonchev–Trinajstić information content (AvgIpc) is 3.30. The molecule has 0 amide bonds. The summed E-state index contributed by atoms with van der Waals surface area (Å²) in [5, 5.41) is 26.6. The molecule has 0 saturated heterocycles. The number of carbonyl (C=O) groups is 1. The highest BCUT2D eigenvalue weighted by Crippen LogP contribution is 2.37. The number of nitriles is 1. The molecule has 4 aromatic rings. The number of allylic oxidation sites excluding steroid dienone is 1. The van der Waals surface area contributed by atoms with E-state index in [1.165, 1.54) is 0 Å². The van der Waals surface area contributed by atoms with Crippen molar-refractivity contribution in [2.75, 3.05) is 0 Å². The molecular formula is C28H23N3O2. The summed E-state index contributed by atoms with van der Waals surface area (Å²) >= 11 is 0. The molecule has 1 aromatic heterocycles. The topological polar surface area (TPSA) is 89.8 Å². The lowest BCUT2D eigenvalue weighted by Gasteiger charge is -2.18. The molecule has 0 aliphatic heterocycles. The SMILES string of the molecule is CC/C(=C(/c1ccc(/C=C/C(=O)O)cc1)c1ccc2[nH]ncc2c1)c1cccc(C#N)c1C. The van der Waals surface area contributed by atoms with Gasteiger partial charge in [-0.2, -0.15) is 10.4 Å². The minimum atomic E-state index is -0.978. The summed E-state index contributed by atoms with van der Waals surface area (Å²) in [6.07, 6.45) is 5.29. The minimum Gasteiger partial charge on any atom is -0.478 e. The summed E-state index contributed by atoms with van der Waals surface area (Å²) in [4.78, 5) is 10.9. The molecule has 0 aliphatic rings. The van der Waals surface area contributed by atoms with Gasteiger partial charge in [0, 0.05) is 11.5 Å². The van der Waals surface area contributed by atoms with Crippen LogP contribution in [-0.2, 0) is 4.79 Å². The summed E-state index contributed by atoms with van der Waals surface area (Å²) in [5.41, 5.74) is 8.74. The van der Waals surface area contributed by atoms with Crippen molar-refractivity contribution in [1.82, 2.24) is 10.2 Å². The number of aliphatic carboxylic acids is 1. The van der Waals surface area contributed by atoms with Crippen LogP contribution in [0.4, 0.5) is 0 Å². The monoisotopic (exact) mass is 433 g/mol. The summed E-state index contributed by atoms with van der Waals surface area (Å²) in [5.74, 6) is -0.978. The molecule has 162 valence electrons. The Bertz CT molecular complexity index is 1430. The Morgan fingerprint density at radius 1 is 1.12 bits per heavy atom. The number of rotatable bonds is 6. The standard InChI is InChI=1S/C28H23N3O2/c1-3-24(25-6-4-5-22(16-29)18(25)2)28(21-12-13-26-23(15-21)17-30-31-26)20-10-7-19(8-11-20)9-14-27(32)33/h4-15,17H,3H2,1-2H3,(H,30,31)(H,32,33)/b14-9+,28-24+. The Kier molecular flexibility index (Phi) is 6.19. The van der Waals surface area contributed by atoms with Gasteiger partial charge in [-0.1, -0.05) is 49.4 Å². The van der Waals surface area contributed by atoms with Crippen LogP contribution >= 0.6 is 0 Å². The number of carboxylic acid groups (broad SMARTS) is 1. The van der Waals surface area contributed by atoms with E-state index >= 15 is 0 Å². The number of H-pyrrole nitrogens is 1. The third-order valence-electron chi connectivity index (χ3n) is 5.78. The Balaban J connectivity index is 1.96. The van der Waals surface area contributed by atoms with Gasteiger partial charge >= 0.3 is 5.97 Å². The molecule has 0 atom stereocenters. The van der Waals surface area contributed by atoms with Crippen LogP contribution in [0.5, 0.6) is 0 Å². The maximum atomic E-state index is 10.9. The van der Waals surface area contributed by atoms with Crippen molar-refractivity contribution < 1.29 is 9.90 Å². The molecule has 0 fully saturated rings. The maximum absolute atomic E-state index is 10.9. The molecular weight excluding hydrogens is 410 g/mol. The van der Waals surface area contributed by atoms with Gasteiger partial charge in [-0.3, -0.25) is 5.10 Å². The van der Waals surface area contributed by atoms with Crippen LogP contribution in [-0.4, -0.2) is 21.3 Å². The number of nitrogens with one attached hydrogen (secondary N) is 1. The van der Waals surface area contributed by atoms with Crippen molar-refractivity contribution in [2.45, 2.75) is 20.3 Å². The predicted molar refractivity (Wildman–Crippen MR) is 131 cm³/mol. The largest absolute Gasteiger partial charge is 0.478 e. The lowest BCUT2D eigenvalue weighted by molar-refractivity contribution is -0.131. The molecule has 0 aliphatic carbocycles. The predicted octanol–water partition coefficient (Wildman–Crippen LogP) is 6.21. The van der Waals surface area contributed by atoms with Crippen LogP contribution in [0, 0.1) is 18.3 Å². The highest BCUT2D eigenvalue weighted by Gasteiger charge is 2.16. The van der Waals surface area contributed by atoms with Gasteiger partial charge in [0.25, 0.3) is 0 Å². The van der Waals surface area contributed by atoms with E-state index in [2.05, 4.69) is 41.4 Å². The van der Waals surface area contributed by atoms with Gasteiger partial charge in [-0.05, 0) is 76.6 Å². The minimum absolute atomic E-state index is 0.664. The third kappa shape index (κ3) is 4.46. The molecule has 0 spiro atoms. The highest BCUT2D eigenvalue weighted by atomic mass is 16.4. The summed E-state index contributed by atoms with van der Waals surface area (Å²) in [7, 11) is 0. The van der Waals surface area contributed by atoms with Gasteiger partial charge in [-0.25, -0.2) is 4.79 Å². The second kappa shape index (κ2) is 9.37. The lowest BCUT2D eigenvalue weighted by atomic mass is 9.85. The molecule has 0 saturated carbocycles. The molecule has 5 heteroatoms. The quantitative estimate of drug-likeness (QED) is 0.279. The smallest absolute Gasteiger partial charge is 0.328 e. The van der Waals surface area contributed by atoms with Crippen LogP contribution in [0.15, 0.2) is 72.9 Å². The lowest BCUT2D eigenvalue weighted by Crippen LogP contribution is -1.98. The Labute approximate surface area is 192 Å². The summed E-state index contributed by atoms with van der Waals surface area (Å²) in [6, 6.07) is 22.2. The second-order valence-electron chi connectivity index (χ2n) is 7.76. The second-order valence-corrected chi connectivity index (χ2v) is 7.76. The summed E-state index contributed by atoms with van der Waals surface area (Å²) in [6.45, 7) is 4.11. The first-order valence-corrected chi connectivity index (χ1v) is 10.7. The van der Waals surface area contributed by atoms with E-state index in [0.717, 1.165) is 62.4 Å². The van der Waals surface area contributed by atoms with Crippen molar-refractivity contribution in [3.63, 3.8) is 0 Å². The van der Waals surface area contributed by atoms with Crippen molar-refractivity contribution in [2.24, 2.45) is 0 Å². The Hall–Kier alpha value is -4.43. The molecule has 4 rings (SSSR count). The van der Waals surface area contributed by atoms with Gasteiger partial charge in [-0.15, -0.1) is 0 Å². The van der Waals surface area contributed by atoms with Crippen molar-refractivity contribution in [1.29, 1.82) is 5.26 Å². The van der Waals surface area contributed by atoms with Gasteiger partial charge in [0.2, 0.25) is 0 Å². The van der Waals surface area contributed by atoms with Crippen molar-refractivity contribution in [3.8, 4) is 6.07 Å². The number of carboxylic acids is 1. The first-order valence-electron chi connectivity index (χ1n) is 10.7. The van der Waals surface area contributed by atoms with E-state index in [9.17, 15) is 10.1 Å². The molecule has 33 heavy (non-hydrogen) atoms. The fourth-order valence-electron chi connectivity index (χ4n) is 4.13. The zero-order chi connectivity index (χ0) is 23.4. The first kappa shape index (κ1) is 21.8. The fourth-order valence-corrected chi connectivity index (χ4v) is 4.13. The van der Waals surface area contributed by atoms with Crippen LogP contribution < -0.4 is 0 Å². The van der Waals surface area contributed by atoms with Gasteiger partial charge in [0.05, 0.1) is 23.3 Å². The number of nitrogens with zero attached hydrogens (tertiary/aromatic N) is 2. The summed E-state index contributed by atoms with van der Waals surface area (Å²) < 4.78 is 0. The highest BCUT2D eigenvalue weighted by molar-refractivity contribution is 6.01. The van der Waals surface area contributed by atoms with Gasteiger partial charge in [0.15, 0.2) is 0 Å². The van der Waals surface area contributed by atoms with E-state index in [0.29, 0.717) is 5.56 Å². The van der Waals surface area contributed by atoms with Gasteiger partial charge in [0.1, 0.15) is 0 Å². The van der Waals surface area contributed by atoms with Gasteiger partial charge < -0.3 is 5.11 Å². The van der Waals surface area contributed by atoms with Crippen LogP contribution in [0.25, 0.3) is 28.1 Å². The van der Waals surface area contributed by atoms with Crippen molar-refractivity contribution in [3.05, 3.63) is 106 Å². The number of aromatic amines is 1. The maximum Gasteiger partial charge on any atom is 0.328 e. The normalized spacial score (nSPS) is 12.0. The average molecular weight is 434 g/mol. The van der Waals surface area contributed by atoms with Crippen LogP contribution in [0.2, 0.25) is 0 Å². The number of aromatic nitrogens is 2. The molecule has 0 bridgehead atoms. The number of benzene rings is 3. The molecule has 5 nitrogen and oxygen atoms in total. The molecule has 2 N–H and O–H groups in total. The first-order chi connectivity index (χ1) is 16.0. The van der Waals surface area contributed by atoms with Crippen LogP contribution in [0.3, 0.4) is 0 Å². The number of hydrogen-bond donors (Lipinski definition) is 2. The molecule has 3 aromatic carbocycles. The zero-order valence-corrected chi connectivity index (χ0v) is 18.5. The fraction of sp³-hybridized carbons (Fsp3) is 0.107. The Morgan fingerprint density at radius 2 is 1.88 bits per heavy atom. The van der Waals surface area contributed by atoms with E-state index in [-0.39, 0.29) is 0 Å². The number of hydrogen-bond acceptors (Lipinski definition) is 3. The zero-order valence-electron chi connectivity index (χ0n) is 18.5. The molecule has 0 radical (unpaired) electrons. The van der Waals surface area contributed by atoms with E-state index in [1.54, 1.807) is 6.08 Å². The third-order valence-corrected chi connectivity index (χ3v) is 5.78. The Morgan fingerprint density at radius 3 is 2.58 bits per heavy atom.